The molecule has 49 heavy (non-hydrogen) atoms. The number of nitrogens with zero attached hydrogens (tertiary/aromatic N) is 4. The predicted molar refractivity (Wildman–Crippen MR) is 203 cm³/mol. The number of rotatable bonds is 4. The van der Waals surface area contributed by atoms with Crippen molar-refractivity contribution in [2.75, 3.05) is 0 Å². The molecule has 2 heterocycles. The van der Waals surface area contributed by atoms with Gasteiger partial charge in [0, 0.05) is 17.8 Å². The molecule has 0 bridgehead atoms. The van der Waals surface area contributed by atoms with E-state index in [9.17, 15) is 0 Å². The van der Waals surface area contributed by atoms with Gasteiger partial charge in [-0.3, -0.25) is 4.98 Å². The Morgan fingerprint density at radius 2 is 0.939 bits per heavy atom. The van der Waals surface area contributed by atoms with Crippen LogP contribution in [0, 0.1) is 0 Å². The summed E-state index contributed by atoms with van der Waals surface area (Å²) < 4.78 is 0. The summed E-state index contributed by atoms with van der Waals surface area (Å²) >= 11 is 0. The van der Waals surface area contributed by atoms with E-state index in [1.807, 2.05) is 24.5 Å². The Kier molecular flexibility index (Phi) is 6.15. The molecule has 228 valence electrons. The molecular formula is C45H28N4. The second-order valence-corrected chi connectivity index (χ2v) is 12.5. The minimum absolute atomic E-state index is 0.860. The number of fused-ring (bicyclic) bond motifs is 6. The van der Waals surface area contributed by atoms with E-state index in [4.69, 9.17) is 10.2 Å². The normalized spacial score (nSPS) is 11.7. The van der Waals surface area contributed by atoms with Crippen LogP contribution in [0.3, 0.4) is 0 Å². The number of aromatic nitrogens is 4. The van der Waals surface area contributed by atoms with Crippen molar-refractivity contribution in [3.63, 3.8) is 0 Å². The van der Waals surface area contributed by atoms with Gasteiger partial charge in [-0.1, -0.05) is 121 Å². The standard InChI is InChI=1S/C45H28N4/c1-2-10-32-27-33(18-17-29(32)9-1)43-36-12-4-6-14-38(36)44(39-15-7-5-13-37(39)43)41-28-42-45(40-16-8-3-11-35(40)41)48-49(47-42)34-21-19-30(20-22-34)31-23-25-46-26-24-31/h1-28H. The molecule has 0 fully saturated rings. The Labute approximate surface area is 282 Å². The van der Waals surface area contributed by atoms with Crippen LogP contribution in [-0.2, 0) is 0 Å². The van der Waals surface area contributed by atoms with Crippen molar-refractivity contribution in [3.8, 4) is 39.1 Å². The first-order valence-electron chi connectivity index (χ1n) is 16.5. The molecule has 8 aromatic carbocycles. The van der Waals surface area contributed by atoms with Gasteiger partial charge in [0.2, 0.25) is 0 Å². The smallest absolute Gasteiger partial charge is 0.121 e. The summed E-state index contributed by atoms with van der Waals surface area (Å²) in [6.07, 6.45) is 3.63. The van der Waals surface area contributed by atoms with Gasteiger partial charge in [-0.2, -0.15) is 4.80 Å². The lowest BCUT2D eigenvalue weighted by Crippen LogP contribution is -1.98. The minimum atomic E-state index is 0.860. The molecule has 0 saturated heterocycles. The zero-order chi connectivity index (χ0) is 32.3. The van der Waals surface area contributed by atoms with Crippen LogP contribution in [0.2, 0.25) is 0 Å². The van der Waals surface area contributed by atoms with Gasteiger partial charge < -0.3 is 0 Å². The summed E-state index contributed by atoms with van der Waals surface area (Å²) in [6, 6.07) is 56.3. The first kappa shape index (κ1) is 27.5. The molecule has 10 aromatic rings. The minimum Gasteiger partial charge on any atom is -0.265 e. The van der Waals surface area contributed by atoms with Crippen LogP contribution < -0.4 is 0 Å². The summed E-state index contributed by atoms with van der Waals surface area (Å²) in [5.41, 5.74) is 9.75. The van der Waals surface area contributed by atoms with Gasteiger partial charge in [-0.15, -0.1) is 10.2 Å². The van der Waals surface area contributed by atoms with Gasteiger partial charge in [-0.05, 0) is 107 Å². The Balaban J connectivity index is 1.21. The van der Waals surface area contributed by atoms with Crippen LogP contribution in [-0.4, -0.2) is 20.0 Å². The highest BCUT2D eigenvalue weighted by Gasteiger charge is 2.20. The Hall–Kier alpha value is -6.65. The Bertz CT molecular complexity index is 2810. The molecule has 0 atom stereocenters. The second kappa shape index (κ2) is 11.0. The highest BCUT2D eigenvalue weighted by Crippen LogP contribution is 2.46. The molecule has 0 aliphatic rings. The van der Waals surface area contributed by atoms with Crippen molar-refractivity contribution < 1.29 is 0 Å². The van der Waals surface area contributed by atoms with E-state index in [0.29, 0.717) is 0 Å². The quantitative estimate of drug-likeness (QED) is 0.183. The lowest BCUT2D eigenvalue weighted by Gasteiger charge is -2.19. The number of hydrogen-bond donors (Lipinski definition) is 0. The average molecular weight is 625 g/mol. The first-order chi connectivity index (χ1) is 24.3. The van der Waals surface area contributed by atoms with Crippen molar-refractivity contribution in [3.05, 3.63) is 170 Å². The zero-order valence-corrected chi connectivity index (χ0v) is 26.5. The van der Waals surface area contributed by atoms with Crippen molar-refractivity contribution >= 4 is 54.1 Å². The largest absolute Gasteiger partial charge is 0.265 e. The van der Waals surface area contributed by atoms with Crippen LogP contribution >= 0.6 is 0 Å². The van der Waals surface area contributed by atoms with Gasteiger partial charge in [0.25, 0.3) is 0 Å². The fraction of sp³-hybridized carbons (Fsp3) is 0. The Morgan fingerprint density at radius 1 is 0.388 bits per heavy atom. The molecule has 0 amide bonds. The van der Waals surface area contributed by atoms with Crippen LogP contribution in [0.4, 0.5) is 0 Å². The third-order valence-corrected chi connectivity index (χ3v) is 9.74. The van der Waals surface area contributed by atoms with Gasteiger partial charge in [-0.25, -0.2) is 0 Å². The lowest BCUT2D eigenvalue weighted by molar-refractivity contribution is 0.766. The van der Waals surface area contributed by atoms with E-state index in [1.165, 1.54) is 49.0 Å². The molecule has 0 saturated carbocycles. The Morgan fingerprint density at radius 3 is 1.63 bits per heavy atom. The van der Waals surface area contributed by atoms with E-state index in [1.54, 1.807) is 4.80 Å². The molecule has 4 heteroatoms. The highest BCUT2D eigenvalue weighted by atomic mass is 15.5. The van der Waals surface area contributed by atoms with E-state index < -0.39 is 0 Å². The van der Waals surface area contributed by atoms with E-state index >= 15 is 0 Å². The van der Waals surface area contributed by atoms with Crippen LogP contribution in [0.5, 0.6) is 0 Å². The van der Waals surface area contributed by atoms with Gasteiger partial charge >= 0.3 is 0 Å². The van der Waals surface area contributed by atoms with Gasteiger partial charge in [0.1, 0.15) is 11.0 Å². The fourth-order valence-corrected chi connectivity index (χ4v) is 7.47. The summed E-state index contributed by atoms with van der Waals surface area (Å²) in [6.45, 7) is 0. The average Bonchev–Trinajstić information content (AvgIpc) is 3.62. The van der Waals surface area contributed by atoms with Crippen molar-refractivity contribution in [2.24, 2.45) is 0 Å². The number of pyridine rings is 1. The topological polar surface area (TPSA) is 43.6 Å². The van der Waals surface area contributed by atoms with Crippen LogP contribution in [0.25, 0.3) is 93.2 Å². The lowest BCUT2D eigenvalue weighted by atomic mass is 9.84. The number of hydrogen-bond acceptors (Lipinski definition) is 3. The molecule has 0 aliphatic heterocycles. The van der Waals surface area contributed by atoms with E-state index in [0.717, 1.165) is 44.2 Å². The molecule has 10 rings (SSSR count). The molecule has 0 N–H and O–H groups in total. The zero-order valence-electron chi connectivity index (χ0n) is 26.5. The summed E-state index contributed by atoms with van der Waals surface area (Å²) in [7, 11) is 0. The van der Waals surface area contributed by atoms with Crippen molar-refractivity contribution in [2.45, 2.75) is 0 Å². The summed E-state index contributed by atoms with van der Waals surface area (Å²) in [4.78, 5) is 5.91. The monoisotopic (exact) mass is 624 g/mol. The number of benzene rings is 8. The second-order valence-electron chi connectivity index (χ2n) is 12.5. The van der Waals surface area contributed by atoms with Crippen molar-refractivity contribution in [1.29, 1.82) is 0 Å². The van der Waals surface area contributed by atoms with Crippen molar-refractivity contribution in [1.82, 2.24) is 20.0 Å². The first-order valence-corrected chi connectivity index (χ1v) is 16.5. The molecule has 0 spiro atoms. The third kappa shape index (κ3) is 4.42. The molecule has 0 aliphatic carbocycles. The third-order valence-electron chi connectivity index (χ3n) is 9.74. The molecular weight excluding hydrogens is 597 g/mol. The maximum atomic E-state index is 5.07. The maximum Gasteiger partial charge on any atom is 0.121 e. The van der Waals surface area contributed by atoms with Gasteiger partial charge in [0.15, 0.2) is 0 Å². The molecule has 4 nitrogen and oxygen atoms in total. The summed E-state index contributed by atoms with van der Waals surface area (Å²) in [5, 5.41) is 19.7. The fourth-order valence-electron chi connectivity index (χ4n) is 7.47. The molecule has 2 aromatic heterocycles. The maximum absolute atomic E-state index is 5.07. The van der Waals surface area contributed by atoms with Gasteiger partial charge in [0.05, 0.1) is 5.69 Å². The van der Waals surface area contributed by atoms with Crippen LogP contribution in [0.15, 0.2) is 170 Å². The van der Waals surface area contributed by atoms with Crippen LogP contribution in [0.1, 0.15) is 0 Å². The predicted octanol–water partition coefficient (Wildman–Crippen LogP) is 11.4. The molecule has 0 unspecified atom stereocenters. The van der Waals surface area contributed by atoms with E-state index in [2.05, 4.69) is 151 Å². The highest BCUT2D eigenvalue weighted by molar-refractivity contribution is 6.25. The summed E-state index contributed by atoms with van der Waals surface area (Å²) in [5.74, 6) is 0. The SMILES string of the molecule is c1ccc2cc(-c3c4ccccc4c(-c4cc5nn(-c6ccc(-c7ccncc7)cc6)nc5c5ccccc45)c4ccccc34)ccc2c1. The molecule has 0 radical (unpaired) electrons. The van der Waals surface area contributed by atoms with E-state index in [-0.39, 0.29) is 0 Å².